The maximum atomic E-state index is 12.5. The predicted octanol–water partition coefficient (Wildman–Crippen LogP) is 4.04. The van der Waals surface area contributed by atoms with E-state index in [1.54, 1.807) is 29.4 Å². The van der Waals surface area contributed by atoms with Crippen LogP contribution in [0.3, 0.4) is 0 Å². The van der Waals surface area contributed by atoms with Crippen molar-refractivity contribution in [1.82, 2.24) is 9.88 Å². The van der Waals surface area contributed by atoms with Crippen molar-refractivity contribution in [2.24, 2.45) is 5.92 Å². The molecule has 1 N–H and O–H groups in total. The minimum absolute atomic E-state index is 0.0486. The molecule has 0 spiro atoms. The molecule has 0 aliphatic carbocycles. The summed E-state index contributed by atoms with van der Waals surface area (Å²) in [5.74, 6) is 0.0714. The van der Waals surface area contributed by atoms with Gasteiger partial charge in [-0.1, -0.05) is 23.7 Å². The standard InChI is InChI=1S/C19H16ClN3O3S/c20-14-5-3-12(4-6-14)16-11-27-19(21-16)22-18(25)13-8-17(24)23(9-13)10-15-2-1-7-26-15/h1-7,11,13H,8-10H2,(H,21,22,25). The van der Waals surface area contributed by atoms with E-state index in [2.05, 4.69) is 10.3 Å². The van der Waals surface area contributed by atoms with Crippen LogP contribution >= 0.6 is 22.9 Å². The van der Waals surface area contributed by atoms with Crippen LogP contribution in [0.4, 0.5) is 5.13 Å². The Morgan fingerprint density at radius 3 is 2.89 bits per heavy atom. The van der Waals surface area contributed by atoms with Gasteiger partial charge >= 0.3 is 0 Å². The summed E-state index contributed by atoms with van der Waals surface area (Å²) in [5.41, 5.74) is 1.70. The smallest absolute Gasteiger partial charge is 0.231 e. The number of benzene rings is 1. The van der Waals surface area contributed by atoms with E-state index in [-0.39, 0.29) is 18.2 Å². The Morgan fingerprint density at radius 2 is 2.15 bits per heavy atom. The number of carbonyl (C=O) groups is 2. The van der Waals surface area contributed by atoms with Crippen LogP contribution in [-0.4, -0.2) is 28.2 Å². The molecule has 4 rings (SSSR count). The molecule has 0 saturated carbocycles. The Labute approximate surface area is 164 Å². The van der Waals surface area contributed by atoms with E-state index in [4.69, 9.17) is 16.0 Å². The summed E-state index contributed by atoms with van der Waals surface area (Å²) in [5, 5.41) is 5.88. The highest BCUT2D eigenvalue weighted by Crippen LogP contribution is 2.27. The lowest BCUT2D eigenvalue weighted by Crippen LogP contribution is -2.27. The molecule has 1 unspecified atom stereocenters. The molecule has 0 radical (unpaired) electrons. The average Bonchev–Trinajstić information content (AvgIpc) is 3.39. The van der Waals surface area contributed by atoms with Gasteiger partial charge in [-0.2, -0.15) is 0 Å². The van der Waals surface area contributed by atoms with Gasteiger partial charge in [0, 0.05) is 28.9 Å². The molecule has 1 aliphatic rings. The summed E-state index contributed by atoms with van der Waals surface area (Å²) < 4.78 is 5.28. The quantitative estimate of drug-likeness (QED) is 0.700. The normalized spacial score (nSPS) is 16.7. The van der Waals surface area contributed by atoms with Gasteiger partial charge in [0.15, 0.2) is 5.13 Å². The number of thiazole rings is 1. The summed E-state index contributed by atoms with van der Waals surface area (Å²) in [6, 6.07) is 10.9. The van der Waals surface area contributed by atoms with E-state index in [9.17, 15) is 9.59 Å². The monoisotopic (exact) mass is 401 g/mol. The molecule has 1 aromatic carbocycles. The van der Waals surface area contributed by atoms with Crippen molar-refractivity contribution >= 4 is 39.9 Å². The number of anilines is 1. The molecule has 1 aliphatic heterocycles. The fraction of sp³-hybridized carbons (Fsp3) is 0.211. The molecule has 0 bridgehead atoms. The predicted molar refractivity (Wildman–Crippen MR) is 103 cm³/mol. The number of aromatic nitrogens is 1. The molecule has 3 aromatic rings. The van der Waals surface area contributed by atoms with Gasteiger partial charge < -0.3 is 14.6 Å². The maximum Gasteiger partial charge on any atom is 0.231 e. The van der Waals surface area contributed by atoms with Gasteiger partial charge in [0.05, 0.1) is 24.4 Å². The highest BCUT2D eigenvalue weighted by Gasteiger charge is 2.35. The van der Waals surface area contributed by atoms with Crippen molar-refractivity contribution in [3.63, 3.8) is 0 Å². The van der Waals surface area contributed by atoms with Gasteiger partial charge in [-0.15, -0.1) is 11.3 Å². The molecule has 1 saturated heterocycles. The number of carbonyl (C=O) groups excluding carboxylic acids is 2. The summed E-state index contributed by atoms with van der Waals surface area (Å²) in [6.07, 6.45) is 1.77. The van der Waals surface area contributed by atoms with Crippen molar-refractivity contribution in [3.8, 4) is 11.3 Å². The van der Waals surface area contributed by atoms with Gasteiger partial charge in [-0.25, -0.2) is 4.98 Å². The van der Waals surface area contributed by atoms with Gasteiger partial charge in [-0.05, 0) is 24.3 Å². The molecular weight excluding hydrogens is 386 g/mol. The summed E-state index contributed by atoms with van der Waals surface area (Å²) in [6.45, 7) is 0.758. The summed E-state index contributed by atoms with van der Waals surface area (Å²) in [4.78, 5) is 30.8. The van der Waals surface area contributed by atoms with E-state index in [0.717, 1.165) is 11.3 Å². The SMILES string of the molecule is O=C(Nc1nc(-c2ccc(Cl)cc2)cs1)C1CC(=O)N(Cc2ccco2)C1. The number of rotatable bonds is 5. The third-order valence-corrected chi connectivity index (χ3v) is 5.40. The second-order valence-electron chi connectivity index (χ2n) is 6.29. The van der Waals surface area contributed by atoms with Crippen molar-refractivity contribution in [3.05, 3.63) is 58.8 Å². The first-order chi connectivity index (χ1) is 13.1. The lowest BCUT2D eigenvalue weighted by Gasteiger charge is -2.14. The highest BCUT2D eigenvalue weighted by molar-refractivity contribution is 7.14. The molecule has 27 heavy (non-hydrogen) atoms. The summed E-state index contributed by atoms with van der Waals surface area (Å²) in [7, 11) is 0. The van der Waals surface area contributed by atoms with E-state index in [1.807, 2.05) is 23.6 Å². The van der Waals surface area contributed by atoms with Gasteiger partial charge in [0.1, 0.15) is 5.76 Å². The van der Waals surface area contributed by atoms with Crippen LogP contribution in [-0.2, 0) is 16.1 Å². The number of hydrogen-bond donors (Lipinski definition) is 1. The summed E-state index contributed by atoms with van der Waals surface area (Å²) >= 11 is 7.25. The van der Waals surface area contributed by atoms with Gasteiger partial charge in [-0.3, -0.25) is 9.59 Å². The van der Waals surface area contributed by atoms with Gasteiger partial charge in [0.2, 0.25) is 11.8 Å². The zero-order valence-electron chi connectivity index (χ0n) is 14.2. The molecule has 1 fully saturated rings. The first-order valence-electron chi connectivity index (χ1n) is 8.41. The minimum atomic E-state index is -0.393. The topological polar surface area (TPSA) is 75.4 Å². The first-order valence-corrected chi connectivity index (χ1v) is 9.67. The Bertz CT molecular complexity index is 953. The van der Waals surface area contributed by atoms with Crippen molar-refractivity contribution in [2.45, 2.75) is 13.0 Å². The molecule has 3 heterocycles. The number of halogens is 1. The van der Waals surface area contributed by atoms with Crippen LogP contribution in [0, 0.1) is 5.92 Å². The van der Waals surface area contributed by atoms with Crippen LogP contribution in [0.15, 0.2) is 52.5 Å². The number of amides is 2. The molecule has 6 nitrogen and oxygen atoms in total. The Hall–Kier alpha value is -2.64. The number of hydrogen-bond acceptors (Lipinski definition) is 5. The zero-order chi connectivity index (χ0) is 18.8. The average molecular weight is 402 g/mol. The second-order valence-corrected chi connectivity index (χ2v) is 7.58. The largest absolute Gasteiger partial charge is 0.467 e. The molecule has 2 amide bonds. The lowest BCUT2D eigenvalue weighted by atomic mass is 10.1. The minimum Gasteiger partial charge on any atom is -0.467 e. The maximum absolute atomic E-state index is 12.5. The lowest BCUT2D eigenvalue weighted by molar-refractivity contribution is -0.128. The number of likely N-dealkylation sites (tertiary alicyclic amines) is 1. The Kier molecular flexibility index (Phi) is 4.96. The van der Waals surface area contributed by atoms with Crippen LogP contribution in [0.2, 0.25) is 5.02 Å². The van der Waals surface area contributed by atoms with Crippen LogP contribution in [0.25, 0.3) is 11.3 Å². The van der Waals surface area contributed by atoms with Crippen LogP contribution < -0.4 is 5.32 Å². The number of furan rings is 1. The third-order valence-electron chi connectivity index (χ3n) is 4.39. The molecule has 1 atom stereocenters. The van der Waals surface area contributed by atoms with E-state index in [0.29, 0.717) is 29.0 Å². The zero-order valence-corrected chi connectivity index (χ0v) is 15.8. The fourth-order valence-electron chi connectivity index (χ4n) is 2.98. The van der Waals surface area contributed by atoms with Crippen LogP contribution in [0.1, 0.15) is 12.2 Å². The molecule has 2 aromatic heterocycles. The first kappa shape index (κ1) is 17.8. The molecule has 138 valence electrons. The molecule has 8 heteroatoms. The van der Waals surface area contributed by atoms with E-state index >= 15 is 0 Å². The highest BCUT2D eigenvalue weighted by atomic mass is 35.5. The van der Waals surface area contributed by atoms with Gasteiger partial charge in [0.25, 0.3) is 0 Å². The third kappa shape index (κ3) is 4.04. The fourth-order valence-corrected chi connectivity index (χ4v) is 3.83. The Morgan fingerprint density at radius 1 is 1.33 bits per heavy atom. The van der Waals surface area contributed by atoms with Crippen molar-refractivity contribution in [2.75, 3.05) is 11.9 Å². The second kappa shape index (κ2) is 7.54. The number of nitrogens with one attached hydrogen (secondary N) is 1. The Balaban J connectivity index is 1.38. The molecular formula is C19H16ClN3O3S. The van der Waals surface area contributed by atoms with Crippen molar-refractivity contribution in [1.29, 1.82) is 0 Å². The van der Waals surface area contributed by atoms with E-state index in [1.165, 1.54) is 11.3 Å². The van der Waals surface area contributed by atoms with Crippen molar-refractivity contribution < 1.29 is 14.0 Å². The van der Waals surface area contributed by atoms with E-state index < -0.39 is 5.92 Å². The number of nitrogens with zero attached hydrogens (tertiary/aromatic N) is 2. The van der Waals surface area contributed by atoms with Crippen LogP contribution in [0.5, 0.6) is 0 Å².